The zero-order valence-electron chi connectivity index (χ0n) is 38.1. The van der Waals surface area contributed by atoms with Gasteiger partial charge >= 0.3 is 35.8 Å². The van der Waals surface area contributed by atoms with Crippen LogP contribution in [0.2, 0.25) is 0 Å². The van der Waals surface area contributed by atoms with Crippen molar-refractivity contribution in [1.82, 2.24) is 0 Å². The number of hydrogen-bond acceptors (Lipinski definition) is 20. The Hall–Kier alpha value is -3.50. The molecule has 364 valence electrons. The van der Waals surface area contributed by atoms with E-state index in [4.69, 9.17) is 66.9 Å². The zero-order chi connectivity index (χ0) is 46.3. The molecular formula is C45H64O20. The second-order valence-electron chi connectivity index (χ2n) is 19.6. The van der Waals surface area contributed by atoms with E-state index < -0.39 is 90.2 Å². The summed E-state index contributed by atoms with van der Waals surface area (Å²) in [5.74, 6) is -5.94. The molecule has 0 N–H and O–H groups in total. The van der Waals surface area contributed by atoms with Gasteiger partial charge in [0.25, 0.3) is 0 Å². The number of hydrogen-bond donors (Lipinski definition) is 0. The van der Waals surface area contributed by atoms with Crippen molar-refractivity contribution in [1.29, 1.82) is 0 Å². The van der Waals surface area contributed by atoms with E-state index in [0.717, 1.165) is 38.5 Å². The molecule has 8 saturated heterocycles. The first-order chi connectivity index (χ1) is 30.9. The van der Waals surface area contributed by atoms with Crippen LogP contribution in [0.4, 0.5) is 0 Å². The third-order valence-electron chi connectivity index (χ3n) is 15.3. The summed E-state index contributed by atoms with van der Waals surface area (Å²) in [6, 6.07) is 0. The summed E-state index contributed by atoms with van der Waals surface area (Å²) in [6.07, 6.45) is 1.49. The van der Waals surface area contributed by atoms with Crippen molar-refractivity contribution in [3.63, 3.8) is 0 Å². The largest absolute Gasteiger partial charge is 0.462 e. The minimum Gasteiger partial charge on any atom is -0.462 e. The molecule has 2 aliphatic carbocycles. The first kappa shape index (κ1) is 48.0. The standard InChI is InChI=1S/C45H64O20/c1-24-7-9-30-26(3)38(58-40-44(30)28(24)15-17-42(5,60-40)62-64-44)56-34(48)13-11-32(46)52-19-21-54-36(50)23-37(51)55-22-20-53-33(47)12-14-35(49)57-39-27(4)31-10-8-25(2)29-16-18-43(6)61-41(59-39)45(29,31)65-63-43/h24-31,38-41H,7-23H2,1-6H3/t24-,25-,26-,27-,28+,29+,30+,31+,38-,39-,40-,41-,42+,43+,44-,45-/m1/s1. The van der Waals surface area contributed by atoms with Crippen molar-refractivity contribution in [3.05, 3.63) is 0 Å². The maximum Gasteiger partial charge on any atom is 0.317 e. The van der Waals surface area contributed by atoms with Crippen molar-refractivity contribution in [2.45, 2.75) is 173 Å². The summed E-state index contributed by atoms with van der Waals surface area (Å²) in [5.41, 5.74) is -1.59. The fourth-order valence-corrected chi connectivity index (χ4v) is 11.8. The molecule has 0 amide bonds. The molecule has 2 saturated carbocycles. The van der Waals surface area contributed by atoms with E-state index in [1.807, 2.05) is 27.7 Å². The number of carbonyl (C=O) groups is 6. The van der Waals surface area contributed by atoms with Gasteiger partial charge in [0, 0.05) is 36.5 Å². The van der Waals surface area contributed by atoms with Crippen LogP contribution in [0.25, 0.3) is 0 Å². The molecule has 0 unspecified atom stereocenters. The van der Waals surface area contributed by atoms with Crippen LogP contribution in [0.5, 0.6) is 0 Å². The topological polar surface area (TPSA) is 232 Å². The van der Waals surface area contributed by atoms with Crippen molar-refractivity contribution >= 4 is 35.8 Å². The average molecular weight is 925 g/mol. The molecule has 65 heavy (non-hydrogen) atoms. The SMILES string of the molecule is C[C@H]1[C@H](OC(=O)CCC(=O)OCCOC(=O)CC(=O)OCCOC(=O)CCC(=O)O[C@@H]2O[C@@H]3O[C@]4(C)CC[C@H]5[C@H](C)CC[C@@H]([C@H]2C)[C@@]35OO4)O[C@@H]2O[C@]3(C)CC[C@H]4[C@H](C)CC[C@@H]1[C@@]24OO3. The minimum atomic E-state index is -0.970. The molecule has 8 aliphatic heterocycles. The molecule has 2 spiro atoms. The van der Waals surface area contributed by atoms with Gasteiger partial charge in [-0.15, -0.1) is 0 Å². The molecule has 16 atom stereocenters. The lowest BCUT2D eigenvalue weighted by molar-refractivity contribution is -0.576. The van der Waals surface area contributed by atoms with Gasteiger partial charge in [0.2, 0.25) is 24.2 Å². The third kappa shape index (κ3) is 9.65. The lowest BCUT2D eigenvalue weighted by atomic mass is 9.58. The van der Waals surface area contributed by atoms with E-state index in [-0.39, 0.29) is 87.6 Å². The second kappa shape index (κ2) is 19.2. The van der Waals surface area contributed by atoms with Gasteiger partial charge in [0.1, 0.15) is 32.8 Å². The zero-order valence-corrected chi connectivity index (χ0v) is 38.1. The minimum absolute atomic E-state index is 0.0336. The van der Waals surface area contributed by atoms with Gasteiger partial charge in [-0.2, -0.15) is 0 Å². The summed E-state index contributed by atoms with van der Waals surface area (Å²) in [6.45, 7) is 10.6. The highest BCUT2D eigenvalue weighted by Gasteiger charge is 2.71. The van der Waals surface area contributed by atoms with E-state index in [1.54, 1.807) is 0 Å². The summed E-state index contributed by atoms with van der Waals surface area (Å²) in [7, 11) is 0. The lowest BCUT2D eigenvalue weighted by Crippen LogP contribution is -2.70. The van der Waals surface area contributed by atoms with Crippen LogP contribution in [0.3, 0.4) is 0 Å². The van der Waals surface area contributed by atoms with Crippen molar-refractivity contribution in [2.24, 2.45) is 47.3 Å². The molecule has 20 nitrogen and oxygen atoms in total. The number of fused-ring (bicyclic) bond motifs is 4. The highest BCUT2D eigenvalue weighted by Crippen LogP contribution is 2.62. The van der Waals surface area contributed by atoms with Crippen molar-refractivity contribution < 1.29 is 95.7 Å². The molecule has 0 aromatic carbocycles. The highest BCUT2D eigenvalue weighted by atomic mass is 17.3. The molecule has 0 aromatic rings. The third-order valence-corrected chi connectivity index (χ3v) is 15.3. The van der Waals surface area contributed by atoms with Crippen LogP contribution >= 0.6 is 0 Å². The normalized spacial score (nSPS) is 42.2. The van der Waals surface area contributed by atoms with Gasteiger partial charge < -0.3 is 47.4 Å². The van der Waals surface area contributed by atoms with Crippen LogP contribution in [0, 0.1) is 47.3 Å². The number of carbonyl (C=O) groups excluding carboxylic acids is 6. The summed E-state index contributed by atoms with van der Waals surface area (Å²) in [5, 5.41) is 0. The first-order valence-corrected chi connectivity index (χ1v) is 23.4. The molecule has 10 aliphatic rings. The molecule has 20 heteroatoms. The monoisotopic (exact) mass is 924 g/mol. The Bertz CT molecular complexity index is 1680. The summed E-state index contributed by atoms with van der Waals surface area (Å²) in [4.78, 5) is 98.4. The quantitative estimate of drug-likeness (QED) is 0.0676. The Morgan fingerprint density at radius 3 is 1.23 bits per heavy atom. The van der Waals surface area contributed by atoms with Crippen LogP contribution in [-0.2, 0) is 95.7 Å². The molecular weight excluding hydrogens is 860 g/mol. The van der Waals surface area contributed by atoms with Crippen LogP contribution in [-0.4, -0.2) is 110 Å². The Balaban J connectivity index is 0.660. The van der Waals surface area contributed by atoms with Crippen molar-refractivity contribution in [3.8, 4) is 0 Å². The number of rotatable bonds is 16. The predicted molar refractivity (Wildman–Crippen MR) is 213 cm³/mol. The Labute approximate surface area is 377 Å². The van der Waals surface area contributed by atoms with Crippen LogP contribution in [0.15, 0.2) is 0 Å². The van der Waals surface area contributed by atoms with Gasteiger partial charge in [-0.1, -0.05) is 27.7 Å². The van der Waals surface area contributed by atoms with Crippen LogP contribution in [0.1, 0.15) is 125 Å². The molecule has 10 fully saturated rings. The van der Waals surface area contributed by atoms with Gasteiger partial charge in [-0.25, -0.2) is 19.6 Å². The fraction of sp³-hybridized carbons (Fsp3) is 0.867. The average Bonchev–Trinajstić information content (AvgIpc) is 3.64. The Kier molecular flexibility index (Phi) is 14.2. The highest BCUT2D eigenvalue weighted by molar-refractivity contribution is 5.91. The van der Waals surface area contributed by atoms with Gasteiger partial charge in [0.15, 0.2) is 23.8 Å². The van der Waals surface area contributed by atoms with E-state index in [1.165, 1.54) is 0 Å². The predicted octanol–water partition coefficient (Wildman–Crippen LogP) is 4.61. The van der Waals surface area contributed by atoms with Gasteiger partial charge in [0.05, 0.1) is 25.7 Å². The van der Waals surface area contributed by atoms with E-state index in [0.29, 0.717) is 24.7 Å². The lowest BCUT2D eigenvalue weighted by Gasteiger charge is -2.59. The number of ether oxygens (including phenoxy) is 10. The summed E-state index contributed by atoms with van der Waals surface area (Å²) < 4.78 is 56.5. The maximum absolute atomic E-state index is 12.8. The fourth-order valence-electron chi connectivity index (χ4n) is 11.8. The molecule has 0 aromatic heterocycles. The van der Waals surface area contributed by atoms with Crippen LogP contribution < -0.4 is 0 Å². The van der Waals surface area contributed by atoms with Gasteiger partial charge in [-0.05, 0) is 76.0 Å². The molecule has 0 radical (unpaired) electrons. The Morgan fingerprint density at radius 1 is 0.462 bits per heavy atom. The van der Waals surface area contributed by atoms with Gasteiger partial charge in [-0.3, -0.25) is 28.8 Å². The number of esters is 6. The smallest absolute Gasteiger partial charge is 0.317 e. The molecule has 4 bridgehead atoms. The van der Waals surface area contributed by atoms with E-state index in [2.05, 4.69) is 13.8 Å². The molecule has 10 rings (SSSR count). The van der Waals surface area contributed by atoms with Crippen molar-refractivity contribution in [2.75, 3.05) is 26.4 Å². The van der Waals surface area contributed by atoms with E-state index in [9.17, 15) is 28.8 Å². The maximum atomic E-state index is 12.8. The first-order valence-electron chi connectivity index (χ1n) is 23.4. The second-order valence-corrected chi connectivity index (χ2v) is 19.6. The molecule has 8 heterocycles. The van der Waals surface area contributed by atoms with E-state index >= 15 is 0 Å². The Morgan fingerprint density at radius 2 is 0.831 bits per heavy atom. The summed E-state index contributed by atoms with van der Waals surface area (Å²) >= 11 is 0.